The zero-order valence-electron chi connectivity index (χ0n) is 17.9. The molecule has 0 aromatic carbocycles. The quantitative estimate of drug-likeness (QED) is 0.117. The molecule has 1 aromatic rings. The van der Waals surface area contributed by atoms with Crippen molar-refractivity contribution in [3.63, 3.8) is 0 Å². The lowest BCUT2D eigenvalue weighted by molar-refractivity contribution is -0.145. The van der Waals surface area contributed by atoms with Crippen molar-refractivity contribution in [3.8, 4) is 0 Å². The summed E-state index contributed by atoms with van der Waals surface area (Å²) < 4.78 is 0. The molecule has 0 aliphatic rings. The van der Waals surface area contributed by atoms with Crippen molar-refractivity contribution in [1.82, 2.24) is 25.9 Å². The summed E-state index contributed by atoms with van der Waals surface area (Å²) in [6.07, 6.45) is 0.785. The van der Waals surface area contributed by atoms with Gasteiger partial charge in [-0.05, 0) is 13.3 Å². The summed E-state index contributed by atoms with van der Waals surface area (Å²) in [6, 6.07) is -5.23. The van der Waals surface area contributed by atoms with Gasteiger partial charge in [0.25, 0.3) is 0 Å². The van der Waals surface area contributed by atoms with E-state index in [1.165, 1.54) is 12.5 Å². The second-order valence-electron chi connectivity index (χ2n) is 7.26. The first kappa shape index (κ1) is 27.9. The number of H-pyrrole nitrogens is 1. The number of imidazole rings is 1. The van der Waals surface area contributed by atoms with Crippen molar-refractivity contribution in [2.45, 2.75) is 56.5 Å². The van der Waals surface area contributed by atoms with Crippen LogP contribution in [0.1, 0.15) is 25.5 Å². The second-order valence-corrected chi connectivity index (χ2v) is 7.63. The molecule has 0 aliphatic heterocycles. The van der Waals surface area contributed by atoms with Gasteiger partial charge in [-0.15, -0.1) is 0 Å². The summed E-state index contributed by atoms with van der Waals surface area (Å²) in [5.41, 5.74) is 11.3. The maximum Gasteiger partial charge on any atom is 0.328 e. The van der Waals surface area contributed by atoms with E-state index >= 15 is 0 Å². The Labute approximate surface area is 194 Å². The molecule has 1 aromatic heterocycles. The third kappa shape index (κ3) is 9.46. The fraction of sp³-hybridized carbons (Fsp3) is 0.556. The standard InChI is InChI=1S/C18H29N7O7S/c1-8(26)14(18(31)32)25-16(29)11(2-3-13(20)27)23-17(30)12(4-9-5-21-7-22-9)24-15(28)10(19)6-33/h5,7-8,10-12,14,26,33H,2-4,6,19H2,1H3,(H2,20,27)(H,21,22)(H,23,30)(H,24,28)(H,25,29)(H,31,32). The molecule has 4 amide bonds. The number of aromatic nitrogens is 2. The highest BCUT2D eigenvalue weighted by atomic mass is 32.1. The number of carboxylic acid groups (broad SMARTS) is 1. The van der Waals surface area contributed by atoms with Crippen LogP contribution >= 0.6 is 12.6 Å². The number of carbonyl (C=O) groups excluding carboxylic acids is 4. The van der Waals surface area contributed by atoms with Gasteiger partial charge < -0.3 is 42.6 Å². The predicted molar refractivity (Wildman–Crippen MR) is 118 cm³/mol. The molecule has 0 radical (unpaired) electrons. The third-order valence-corrected chi connectivity index (χ3v) is 4.90. The number of hydrogen-bond donors (Lipinski definition) is 9. The molecule has 0 spiro atoms. The normalized spacial score (nSPS) is 15.4. The van der Waals surface area contributed by atoms with Gasteiger partial charge in [-0.25, -0.2) is 9.78 Å². The van der Waals surface area contributed by atoms with Crippen LogP contribution in [0.25, 0.3) is 0 Å². The van der Waals surface area contributed by atoms with Gasteiger partial charge in [-0.3, -0.25) is 19.2 Å². The van der Waals surface area contributed by atoms with Crippen molar-refractivity contribution in [2.75, 3.05) is 5.75 Å². The van der Waals surface area contributed by atoms with Crippen LogP contribution in [0.4, 0.5) is 0 Å². The van der Waals surface area contributed by atoms with Crippen LogP contribution < -0.4 is 27.4 Å². The number of rotatable bonds is 14. The fourth-order valence-electron chi connectivity index (χ4n) is 2.66. The third-order valence-electron chi connectivity index (χ3n) is 4.50. The summed E-state index contributed by atoms with van der Waals surface area (Å²) in [7, 11) is 0. The molecule has 0 fully saturated rings. The number of carboxylic acids is 1. The molecular formula is C18H29N7O7S. The fourth-order valence-corrected chi connectivity index (χ4v) is 2.82. The molecule has 0 saturated heterocycles. The summed E-state index contributed by atoms with van der Waals surface area (Å²) in [5, 5.41) is 25.7. The minimum atomic E-state index is -1.65. The van der Waals surface area contributed by atoms with Gasteiger partial charge in [0.1, 0.15) is 12.1 Å². The first-order chi connectivity index (χ1) is 15.5. The summed E-state index contributed by atoms with van der Waals surface area (Å²) in [4.78, 5) is 66.9. The van der Waals surface area contributed by atoms with Gasteiger partial charge in [-0.1, -0.05) is 0 Å². The zero-order valence-corrected chi connectivity index (χ0v) is 18.7. The SMILES string of the molecule is CC(O)C(NC(=O)C(CCC(N)=O)NC(=O)C(Cc1cnc[nH]1)NC(=O)C(N)CS)C(=O)O. The van der Waals surface area contributed by atoms with Crippen LogP contribution in [0.3, 0.4) is 0 Å². The maximum absolute atomic E-state index is 12.9. The number of aliphatic carboxylic acids is 1. The topological polar surface area (TPSA) is 243 Å². The first-order valence-electron chi connectivity index (χ1n) is 9.90. The lowest BCUT2D eigenvalue weighted by Crippen LogP contribution is -2.58. The Bertz CT molecular complexity index is 834. The van der Waals surface area contributed by atoms with Crippen LogP contribution in [-0.2, 0) is 30.4 Å². The number of amides is 4. The number of aliphatic hydroxyl groups is 1. The van der Waals surface area contributed by atoms with E-state index < -0.39 is 59.9 Å². The van der Waals surface area contributed by atoms with E-state index in [0.29, 0.717) is 5.69 Å². The van der Waals surface area contributed by atoms with Gasteiger partial charge in [0, 0.05) is 30.5 Å². The van der Waals surface area contributed by atoms with Gasteiger partial charge >= 0.3 is 5.97 Å². The molecule has 10 N–H and O–H groups in total. The van der Waals surface area contributed by atoms with Crippen molar-refractivity contribution in [1.29, 1.82) is 0 Å². The van der Waals surface area contributed by atoms with Crippen LogP contribution in [0.2, 0.25) is 0 Å². The van der Waals surface area contributed by atoms with Crippen LogP contribution in [0.15, 0.2) is 12.5 Å². The number of hydrogen-bond acceptors (Lipinski definition) is 9. The lowest BCUT2D eigenvalue weighted by atomic mass is 10.1. The van der Waals surface area contributed by atoms with Gasteiger partial charge in [0.15, 0.2) is 6.04 Å². The molecule has 5 unspecified atom stereocenters. The molecule has 14 nitrogen and oxygen atoms in total. The largest absolute Gasteiger partial charge is 0.480 e. The van der Waals surface area contributed by atoms with Gasteiger partial charge in [0.05, 0.1) is 18.5 Å². The Balaban J connectivity index is 3.06. The van der Waals surface area contributed by atoms with Gasteiger partial charge in [0.2, 0.25) is 23.6 Å². The number of aliphatic hydroxyl groups excluding tert-OH is 1. The smallest absolute Gasteiger partial charge is 0.328 e. The molecule has 15 heteroatoms. The summed E-state index contributed by atoms with van der Waals surface area (Å²) in [6.45, 7) is 1.16. The Morgan fingerprint density at radius 1 is 1.12 bits per heavy atom. The lowest BCUT2D eigenvalue weighted by Gasteiger charge is -2.25. The first-order valence-corrected chi connectivity index (χ1v) is 10.5. The highest BCUT2D eigenvalue weighted by Gasteiger charge is 2.32. The molecule has 1 rings (SSSR count). The van der Waals surface area contributed by atoms with E-state index in [9.17, 15) is 29.1 Å². The van der Waals surface area contributed by atoms with E-state index in [4.69, 9.17) is 16.6 Å². The average Bonchev–Trinajstić information content (AvgIpc) is 3.25. The van der Waals surface area contributed by atoms with Crippen molar-refractivity contribution < 1.29 is 34.2 Å². The Morgan fingerprint density at radius 3 is 2.21 bits per heavy atom. The molecule has 33 heavy (non-hydrogen) atoms. The molecule has 0 bridgehead atoms. The number of aromatic amines is 1. The van der Waals surface area contributed by atoms with E-state index in [2.05, 4.69) is 38.5 Å². The van der Waals surface area contributed by atoms with E-state index in [1.807, 2.05) is 0 Å². The highest BCUT2D eigenvalue weighted by molar-refractivity contribution is 7.80. The van der Waals surface area contributed by atoms with Crippen molar-refractivity contribution in [3.05, 3.63) is 18.2 Å². The molecular weight excluding hydrogens is 458 g/mol. The monoisotopic (exact) mass is 487 g/mol. The van der Waals surface area contributed by atoms with Crippen molar-refractivity contribution >= 4 is 42.2 Å². The molecule has 5 atom stereocenters. The maximum atomic E-state index is 12.9. The summed E-state index contributed by atoms with van der Waals surface area (Å²) >= 11 is 3.94. The highest BCUT2D eigenvalue weighted by Crippen LogP contribution is 2.05. The van der Waals surface area contributed by atoms with E-state index in [-0.39, 0.29) is 25.0 Å². The number of nitrogens with zero attached hydrogens (tertiary/aromatic N) is 1. The minimum absolute atomic E-state index is 0.0177. The number of nitrogens with two attached hydrogens (primary N) is 2. The number of thiol groups is 1. The Morgan fingerprint density at radius 2 is 1.73 bits per heavy atom. The average molecular weight is 488 g/mol. The number of carbonyl (C=O) groups is 5. The van der Waals surface area contributed by atoms with E-state index in [1.54, 1.807) is 0 Å². The molecule has 1 heterocycles. The molecule has 0 aliphatic carbocycles. The summed E-state index contributed by atoms with van der Waals surface area (Å²) in [5.74, 6) is -4.67. The van der Waals surface area contributed by atoms with Gasteiger partial charge in [-0.2, -0.15) is 12.6 Å². The molecule has 184 valence electrons. The van der Waals surface area contributed by atoms with Crippen LogP contribution in [0, 0.1) is 0 Å². The zero-order chi connectivity index (χ0) is 25.1. The number of nitrogens with one attached hydrogen (secondary N) is 4. The molecule has 0 saturated carbocycles. The predicted octanol–water partition coefficient (Wildman–Crippen LogP) is -3.61. The van der Waals surface area contributed by atoms with Crippen molar-refractivity contribution in [2.24, 2.45) is 11.5 Å². The van der Waals surface area contributed by atoms with Crippen LogP contribution in [0.5, 0.6) is 0 Å². The second kappa shape index (κ2) is 13.4. The Hall–Kier alpha value is -3.17. The number of primary amides is 1. The van der Waals surface area contributed by atoms with E-state index in [0.717, 1.165) is 6.92 Å². The minimum Gasteiger partial charge on any atom is -0.480 e. The Kier molecular flexibility index (Phi) is 11.3. The van der Waals surface area contributed by atoms with Crippen LogP contribution in [-0.4, -0.2) is 85.8 Å².